The molecular formula is C20H17FN2O4. The first-order chi connectivity index (χ1) is 13.0. The largest absolute Gasteiger partial charge is 0.439 e. The van der Waals surface area contributed by atoms with Crippen LogP contribution in [-0.4, -0.2) is 53.4 Å². The second kappa shape index (κ2) is 6.83. The number of halogens is 1. The molecular weight excluding hydrogens is 351 g/mol. The van der Waals surface area contributed by atoms with Crippen molar-refractivity contribution in [3.8, 4) is 11.1 Å². The fraction of sp³-hybridized carbons (Fsp3) is 0.250. The highest BCUT2D eigenvalue weighted by Gasteiger charge is 2.41. The third kappa shape index (κ3) is 3.28. The second-order valence-corrected chi connectivity index (χ2v) is 6.60. The van der Waals surface area contributed by atoms with E-state index in [1.807, 2.05) is 12.1 Å². The van der Waals surface area contributed by atoms with Crippen LogP contribution < -0.4 is 0 Å². The monoisotopic (exact) mass is 368 g/mol. The molecule has 1 unspecified atom stereocenters. The van der Waals surface area contributed by atoms with Crippen LogP contribution in [0.4, 0.5) is 9.18 Å². The Hall–Kier alpha value is -3.22. The van der Waals surface area contributed by atoms with Crippen LogP contribution in [0.3, 0.4) is 0 Å². The second-order valence-electron chi connectivity index (χ2n) is 6.60. The van der Waals surface area contributed by atoms with Crippen molar-refractivity contribution in [2.45, 2.75) is 12.5 Å². The van der Waals surface area contributed by atoms with Crippen molar-refractivity contribution in [3.05, 3.63) is 59.9 Å². The summed E-state index contributed by atoms with van der Waals surface area (Å²) in [7, 11) is 0. The minimum atomic E-state index is -0.636. The standard InChI is InChI=1S/C20H17FN2O4/c21-16-7-5-14(6-8-16)13-1-3-15(4-2-13)19(25)22-10-9-17(11-22)23-18(24)12-27-20(23)26/h1-8,17H,9-12H2. The van der Waals surface area contributed by atoms with Crippen LogP contribution >= 0.6 is 0 Å². The smallest absolute Gasteiger partial charge is 0.417 e. The van der Waals surface area contributed by atoms with E-state index >= 15 is 0 Å². The molecule has 0 N–H and O–H groups in total. The minimum Gasteiger partial charge on any atom is -0.439 e. The molecule has 1 atom stereocenters. The Balaban J connectivity index is 1.45. The van der Waals surface area contributed by atoms with Crippen molar-refractivity contribution in [2.24, 2.45) is 0 Å². The van der Waals surface area contributed by atoms with Gasteiger partial charge in [0.25, 0.3) is 11.8 Å². The molecule has 0 saturated carbocycles. The molecule has 7 heteroatoms. The van der Waals surface area contributed by atoms with Gasteiger partial charge in [0.15, 0.2) is 6.61 Å². The van der Waals surface area contributed by atoms with Crippen LogP contribution in [0.5, 0.6) is 0 Å². The van der Waals surface area contributed by atoms with Crippen molar-refractivity contribution in [1.29, 1.82) is 0 Å². The highest BCUT2D eigenvalue weighted by Crippen LogP contribution is 2.24. The van der Waals surface area contributed by atoms with Crippen molar-refractivity contribution < 1.29 is 23.5 Å². The molecule has 0 radical (unpaired) electrons. The molecule has 2 fully saturated rings. The average Bonchev–Trinajstić information content (AvgIpc) is 3.28. The Bertz CT molecular complexity index is 879. The fourth-order valence-electron chi connectivity index (χ4n) is 3.48. The SMILES string of the molecule is O=C(c1ccc(-c2ccc(F)cc2)cc1)N1CCC(N2C(=O)COC2=O)C1. The number of likely N-dealkylation sites (tertiary alicyclic amines) is 1. The zero-order chi connectivity index (χ0) is 19.0. The molecule has 27 heavy (non-hydrogen) atoms. The number of amides is 3. The van der Waals surface area contributed by atoms with Gasteiger partial charge in [-0.25, -0.2) is 14.1 Å². The first-order valence-corrected chi connectivity index (χ1v) is 8.67. The third-order valence-electron chi connectivity index (χ3n) is 4.91. The summed E-state index contributed by atoms with van der Waals surface area (Å²) in [5, 5.41) is 0. The average molecular weight is 368 g/mol. The maximum atomic E-state index is 13.0. The fourth-order valence-corrected chi connectivity index (χ4v) is 3.48. The molecule has 0 aliphatic carbocycles. The molecule has 0 aromatic heterocycles. The summed E-state index contributed by atoms with van der Waals surface area (Å²) >= 11 is 0. The molecule has 0 bridgehead atoms. The first-order valence-electron chi connectivity index (χ1n) is 8.67. The quantitative estimate of drug-likeness (QED) is 0.835. The molecule has 2 aliphatic heterocycles. The van der Waals surface area contributed by atoms with E-state index in [0.29, 0.717) is 25.1 Å². The van der Waals surface area contributed by atoms with Gasteiger partial charge in [-0.1, -0.05) is 24.3 Å². The van der Waals surface area contributed by atoms with Gasteiger partial charge >= 0.3 is 6.09 Å². The number of benzene rings is 2. The summed E-state index contributed by atoms with van der Waals surface area (Å²) in [4.78, 5) is 38.9. The van der Waals surface area contributed by atoms with E-state index in [2.05, 4.69) is 0 Å². The summed E-state index contributed by atoms with van der Waals surface area (Å²) in [5.74, 6) is -0.805. The molecule has 2 heterocycles. The highest BCUT2D eigenvalue weighted by molar-refractivity contribution is 5.99. The minimum absolute atomic E-state index is 0.150. The van der Waals surface area contributed by atoms with Gasteiger partial charge in [-0.15, -0.1) is 0 Å². The van der Waals surface area contributed by atoms with Gasteiger partial charge in [0.2, 0.25) is 0 Å². The molecule has 0 spiro atoms. The Morgan fingerprint density at radius 1 is 1.00 bits per heavy atom. The predicted molar refractivity (Wildman–Crippen MR) is 94.3 cm³/mol. The zero-order valence-corrected chi connectivity index (χ0v) is 14.4. The maximum Gasteiger partial charge on any atom is 0.417 e. The number of hydrogen-bond donors (Lipinski definition) is 0. The van der Waals surface area contributed by atoms with Gasteiger partial charge in [-0.3, -0.25) is 9.59 Å². The summed E-state index contributed by atoms with van der Waals surface area (Å²) in [6.45, 7) is 0.549. The van der Waals surface area contributed by atoms with Crippen LogP contribution in [0.15, 0.2) is 48.5 Å². The summed E-state index contributed by atoms with van der Waals surface area (Å²) in [6, 6.07) is 12.9. The zero-order valence-electron chi connectivity index (χ0n) is 14.4. The van der Waals surface area contributed by atoms with Crippen LogP contribution in [-0.2, 0) is 9.53 Å². The van der Waals surface area contributed by atoms with Crippen molar-refractivity contribution in [1.82, 2.24) is 9.80 Å². The molecule has 2 aliphatic rings. The van der Waals surface area contributed by atoms with Crippen LogP contribution in [0.2, 0.25) is 0 Å². The van der Waals surface area contributed by atoms with E-state index in [0.717, 1.165) is 16.0 Å². The molecule has 2 saturated heterocycles. The van der Waals surface area contributed by atoms with Crippen molar-refractivity contribution in [3.63, 3.8) is 0 Å². The number of hydrogen-bond acceptors (Lipinski definition) is 4. The van der Waals surface area contributed by atoms with E-state index in [1.165, 1.54) is 12.1 Å². The van der Waals surface area contributed by atoms with Crippen LogP contribution in [0.25, 0.3) is 11.1 Å². The van der Waals surface area contributed by atoms with Gasteiger partial charge in [0.05, 0.1) is 6.04 Å². The van der Waals surface area contributed by atoms with E-state index in [1.54, 1.807) is 29.2 Å². The molecule has 6 nitrogen and oxygen atoms in total. The van der Waals surface area contributed by atoms with E-state index in [-0.39, 0.29) is 30.3 Å². The molecule has 138 valence electrons. The lowest BCUT2D eigenvalue weighted by Crippen LogP contribution is -2.42. The van der Waals surface area contributed by atoms with Crippen LogP contribution in [0.1, 0.15) is 16.8 Å². The lowest BCUT2D eigenvalue weighted by molar-refractivity contribution is -0.127. The lowest BCUT2D eigenvalue weighted by Gasteiger charge is -2.20. The van der Waals surface area contributed by atoms with Crippen LogP contribution in [0, 0.1) is 5.82 Å². The number of imide groups is 1. The Morgan fingerprint density at radius 3 is 2.22 bits per heavy atom. The number of ether oxygens (including phenoxy) is 1. The van der Waals surface area contributed by atoms with Crippen molar-refractivity contribution >= 4 is 17.9 Å². The topological polar surface area (TPSA) is 66.9 Å². The number of nitrogens with zero attached hydrogens (tertiary/aromatic N) is 2. The molecule has 2 aromatic carbocycles. The number of carbonyl (C=O) groups is 3. The van der Waals surface area contributed by atoms with Gasteiger partial charge in [0, 0.05) is 18.7 Å². The van der Waals surface area contributed by atoms with E-state index in [9.17, 15) is 18.8 Å². The Kier molecular flexibility index (Phi) is 4.35. The highest BCUT2D eigenvalue weighted by atomic mass is 19.1. The Morgan fingerprint density at radius 2 is 1.63 bits per heavy atom. The van der Waals surface area contributed by atoms with E-state index in [4.69, 9.17) is 4.74 Å². The Labute approximate surface area is 155 Å². The number of cyclic esters (lactones) is 1. The first kappa shape index (κ1) is 17.2. The number of carbonyl (C=O) groups excluding carboxylic acids is 3. The van der Waals surface area contributed by atoms with Gasteiger partial charge in [0.1, 0.15) is 5.82 Å². The summed E-state index contributed by atoms with van der Waals surface area (Å²) in [5.41, 5.74) is 2.27. The van der Waals surface area contributed by atoms with Gasteiger partial charge in [-0.2, -0.15) is 0 Å². The third-order valence-corrected chi connectivity index (χ3v) is 4.91. The number of rotatable bonds is 3. The summed E-state index contributed by atoms with van der Waals surface area (Å²) < 4.78 is 17.8. The maximum absolute atomic E-state index is 13.0. The van der Waals surface area contributed by atoms with Gasteiger partial charge in [-0.05, 0) is 41.8 Å². The van der Waals surface area contributed by atoms with E-state index < -0.39 is 6.09 Å². The lowest BCUT2D eigenvalue weighted by atomic mass is 10.0. The predicted octanol–water partition coefficient (Wildman–Crippen LogP) is 2.69. The summed E-state index contributed by atoms with van der Waals surface area (Å²) in [6.07, 6.45) is -0.0942. The molecule has 3 amide bonds. The van der Waals surface area contributed by atoms with Gasteiger partial charge < -0.3 is 9.64 Å². The normalized spacial score (nSPS) is 19.5. The van der Waals surface area contributed by atoms with Crippen molar-refractivity contribution in [2.75, 3.05) is 19.7 Å². The molecule has 4 rings (SSSR count). The molecule has 2 aromatic rings.